The van der Waals surface area contributed by atoms with Crippen LogP contribution in [-0.2, 0) is 12.8 Å². The molecule has 1 aliphatic heterocycles. The van der Waals surface area contributed by atoms with Gasteiger partial charge in [0.15, 0.2) is 5.75 Å². The van der Waals surface area contributed by atoms with E-state index in [1.807, 2.05) is 18.4 Å². The van der Waals surface area contributed by atoms with E-state index in [-0.39, 0.29) is 6.10 Å². The number of ether oxygens (including phenoxy) is 2. The lowest BCUT2D eigenvalue weighted by atomic mass is 9.91. The van der Waals surface area contributed by atoms with Crippen molar-refractivity contribution in [1.82, 2.24) is 9.88 Å². The first-order chi connectivity index (χ1) is 13.6. The first-order valence-electron chi connectivity index (χ1n) is 10.1. The highest BCUT2D eigenvalue weighted by Gasteiger charge is 2.21. The third-order valence-corrected chi connectivity index (χ3v) is 5.53. The minimum absolute atomic E-state index is 0.198. The average Bonchev–Trinajstić information content (AvgIpc) is 2.70. The molecule has 0 atom stereocenters. The van der Waals surface area contributed by atoms with Crippen LogP contribution in [0.15, 0.2) is 24.4 Å². The van der Waals surface area contributed by atoms with Gasteiger partial charge in [0.2, 0.25) is 5.88 Å². The molecule has 148 valence electrons. The molecular formula is C23H29N3O2. The SMILES string of the molecule is CCc1cc(C)c(-c2ccnc(OC3CCN(C)CC3)c2)c(OC#N)c1CC. The molecule has 28 heavy (non-hydrogen) atoms. The first kappa shape index (κ1) is 20.2. The van der Waals surface area contributed by atoms with E-state index in [4.69, 9.17) is 9.47 Å². The number of nitriles is 1. The van der Waals surface area contributed by atoms with Crippen molar-refractivity contribution in [2.45, 2.75) is 52.6 Å². The molecule has 1 aromatic heterocycles. The number of hydrogen-bond donors (Lipinski definition) is 0. The Labute approximate surface area is 167 Å². The molecular weight excluding hydrogens is 350 g/mol. The number of benzene rings is 1. The summed E-state index contributed by atoms with van der Waals surface area (Å²) < 4.78 is 11.6. The summed E-state index contributed by atoms with van der Waals surface area (Å²) >= 11 is 0. The Morgan fingerprint density at radius 1 is 1.21 bits per heavy atom. The molecule has 2 aromatic rings. The number of likely N-dealkylation sites (tertiary alicyclic amines) is 1. The number of nitrogens with zero attached hydrogens (tertiary/aromatic N) is 3. The quantitative estimate of drug-likeness (QED) is 0.691. The van der Waals surface area contributed by atoms with Crippen LogP contribution in [0.4, 0.5) is 0 Å². The van der Waals surface area contributed by atoms with Gasteiger partial charge in [0.25, 0.3) is 6.26 Å². The number of aromatic nitrogens is 1. The van der Waals surface area contributed by atoms with Crippen LogP contribution in [0.5, 0.6) is 11.6 Å². The van der Waals surface area contributed by atoms with Gasteiger partial charge >= 0.3 is 0 Å². The Morgan fingerprint density at radius 2 is 1.96 bits per heavy atom. The van der Waals surface area contributed by atoms with Crippen LogP contribution in [0, 0.1) is 18.4 Å². The van der Waals surface area contributed by atoms with Crippen LogP contribution in [0.25, 0.3) is 11.1 Å². The van der Waals surface area contributed by atoms with E-state index in [2.05, 4.69) is 43.8 Å². The van der Waals surface area contributed by atoms with Crippen LogP contribution in [0.1, 0.15) is 43.4 Å². The fourth-order valence-electron chi connectivity index (χ4n) is 4.02. The summed E-state index contributed by atoms with van der Waals surface area (Å²) in [4.78, 5) is 6.74. The van der Waals surface area contributed by atoms with Crippen LogP contribution < -0.4 is 9.47 Å². The summed E-state index contributed by atoms with van der Waals surface area (Å²) in [6, 6.07) is 6.13. The number of piperidine rings is 1. The molecule has 0 bridgehead atoms. The van der Waals surface area contributed by atoms with Crippen molar-refractivity contribution >= 4 is 0 Å². The van der Waals surface area contributed by atoms with Gasteiger partial charge in [-0.3, -0.25) is 0 Å². The lowest BCUT2D eigenvalue weighted by Crippen LogP contribution is -2.35. The van der Waals surface area contributed by atoms with Crippen LogP contribution in [0.2, 0.25) is 0 Å². The Hall–Kier alpha value is -2.58. The number of hydrogen-bond acceptors (Lipinski definition) is 5. The Bertz CT molecular complexity index is 865. The largest absolute Gasteiger partial charge is 0.474 e. The molecule has 1 aliphatic rings. The van der Waals surface area contributed by atoms with E-state index in [1.165, 1.54) is 5.56 Å². The molecule has 0 unspecified atom stereocenters. The highest BCUT2D eigenvalue weighted by molar-refractivity contribution is 5.77. The predicted octanol–water partition coefficient (Wildman–Crippen LogP) is 4.51. The fraction of sp³-hybridized carbons (Fsp3) is 0.478. The topological polar surface area (TPSA) is 58.4 Å². The first-order valence-corrected chi connectivity index (χ1v) is 10.1. The average molecular weight is 380 g/mol. The minimum atomic E-state index is 0.198. The summed E-state index contributed by atoms with van der Waals surface area (Å²) in [6.07, 6.45) is 7.60. The molecule has 1 aromatic carbocycles. The Morgan fingerprint density at radius 3 is 2.61 bits per heavy atom. The van der Waals surface area contributed by atoms with Crippen molar-refractivity contribution in [3.8, 4) is 29.0 Å². The molecule has 0 N–H and O–H groups in total. The number of pyridine rings is 1. The minimum Gasteiger partial charge on any atom is -0.474 e. The lowest BCUT2D eigenvalue weighted by Gasteiger charge is -2.29. The second kappa shape index (κ2) is 9.07. The maximum absolute atomic E-state index is 9.24. The third-order valence-electron chi connectivity index (χ3n) is 5.53. The van der Waals surface area contributed by atoms with E-state index < -0.39 is 0 Å². The fourth-order valence-corrected chi connectivity index (χ4v) is 4.02. The smallest absolute Gasteiger partial charge is 0.292 e. The van der Waals surface area contributed by atoms with Crippen molar-refractivity contribution in [1.29, 1.82) is 5.26 Å². The molecule has 5 nitrogen and oxygen atoms in total. The zero-order valence-corrected chi connectivity index (χ0v) is 17.3. The molecule has 1 saturated heterocycles. The molecule has 0 radical (unpaired) electrons. The normalized spacial score (nSPS) is 15.2. The van der Waals surface area contributed by atoms with Gasteiger partial charge in [-0.15, -0.1) is 5.26 Å². The molecule has 0 aliphatic carbocycles. The van der Waals surface area contributed by atoms with Gasteiger partial charge in [0.1, 0.15) is 6.10 Å². The van der Waals surface area contributed by atoms with Gasteiger partial charge in [-0.1, -0.05) is 19.9 Å². The Balaban J connectivity index is 1.98. The van der Waals surface area contributed by atoms with Crippen LogP contribution in [0.3, 0.4) is 0 Å². The molecule has 3 rings (SSSR count). The summed E-state index contributed by atoms with van der Waals surface area (Å²) in [7, 11) is 2.14. The molecule has 2 heterocycles. The standard InChI is InChI=1S/C23H29N3O2/c1-5-17-13-16(3)22(23(27-15-24)20(17)6-2)18-7-10-25-21(14-18)28-19-8-11-26(4)12-9-19/h7,10,13-14,19H,5-6,8-9,11-12H2,1-4H3. The van der Waals surface area contributed by atoms with Crippen LogP contribution in [-0.4, -0.2) is 36.1 Å². The maximum atomic E-state index is 9.24. The zero-order chi connectivity index (χ0) is 20.1. The number of rotatable bonds is 6. The highest BCUT2D eigenvalue weighted by atomic mass is 16.5. The van der Waals surface area contributed by atoms with Crippen molar-refractivity contribution in [2.24, 2.45) is 0 Å². The summed E-state index contributed by atoms with van der Waals surface area (Å²) in [5, 5.41) is 9.24. The van der Waals surface area contributed by atoms with E-state index in [9.17, 15) is 5.26 Å². The Kier molecular flexibility index (Phi) is 6.53. The molecule has 5 heteroatoms. The van der Waals surface area contributed by atoms with Gasteiger partial charge in [0.05, 0.1) is 0 Å². The second-order valence-corrected chi connectivity index (χ2v) is 7.44. The van der Waals surface area contributed by atoms with E-state index in [0.29, 0.717) is 11.6 Å². The summed E-state index contributed by atoms with van der Waals surface area (Å²) in [5.74, 6) is 1.30. The van der Waals surface area contributed by atoms with Crippen molar-refractivity contribution in [3.63, 3.8) is 0 Å². The van der Waals surface area contributed by atoms with Gasteiger partial charge < -0.3 is 14.4 Å². The van der Waals surface area contributed by atoms with Gasteiger partial charge in [-0.2, -0.15) is 0 Å². The van der Waals surface area contributed by atoms with E-state index in [1.54, 1.807) is 6.20 Å². The summed E-state index contributed by atoms with van der Waals surface area (Å²) in [5.41, 5.74) is 5.34. The maximum Gasteiger partial charge on any atom is 0.292 e. The van der Waals surface area contributed by atoms with Crippen molar-refractivity contribution in [3.05, 3.63) is 41.1 Å². The second-order valence-electron chi connectivity index (χ2n) is 7.44. The summed E-state index contributed by atoms with van der Waals surface area (Å²) in [6.45, 7) is 8.38. The third kappa shape index (κ3) is 4.28. The molecule has 0 amide bonds. The van der Waals surface area contributed by atoms with Crippen molar-refractivity contribution < 1.29 is 9.47 Å². The predicted molar refractivity (Wildman–Crippen MR) is 111 cm³/mol. The van der Waals surface area contributed by atoms with E-state index >= 15 is 0 Å². The lowest BCUT2D eigenvalue weighted by molar-refractivity contribution is 0.110. The number of aryl methyl sites for hydroxylation is 2. The zero-order valence-electron chi connectivity index (χ0n) is 17.3. The van der Waals surface area contributed by atoms with Gasteiger partial charge in [-0.05, 0) is 68.0 Å². The molecule has 1 fully saturated rings. The monoisotopic (exact) mass is 379 g/mol. The van der Waals surface area contributed by atoms with Gasteiger partial charge in [-0.25, -0.2) is 4.98 Å². The van der Waals surface area contributed by atoms with Crippen molar-refractivity contribution in [2.75, 3.05) is 20.1 Å². The van der Waals surface area contributed by atoms with Gasteiger partial charge in [0, 0.05) is 30.9 Å². The van der Waals surface area contributed by atoms with E-state index in [0.717, 1.165) is 61.0 Å². The highest BCUT2D eigenvalue weighted by Crippen LogP contribution is 2.39. The van der Waals surface area contributed by atoms with Crippen LogP contribution >= 0.6 is 0 Å². The molecule has 0 saturated carbocycles. The molecule has 0 spiro atoms.